The summed E-state index contributed by atoms with van der Waals surface area (Å²) < 4.78 is 27.2. The Kier molecular flexibility index (Phi) is 5.90. The van der Waals surface area contributed by atoms with Crippen LogP contribution in [0, 0.1) is 11.3 Å². The van der Waals surface area contributed by atoms with Crippen molar-refractivity contribution in [2.24, 2.45) is 16.4 Å². The van der Waals surface area contributed by atoms with Crippen LogP contribution in [-0.2, 0) is 10.0 Å². The number of nitrogens with one attached hydrogen (secondary N) is 2. The number of hydrogen-bond acceptors (Lipinski definition) is 5. The highest BCUT2D eigenvalue weighted by molar-refractivity contribution is 7.94. The highest BCUT2D eigenvalue weighted by Gasteiger charge is 2.29. The fraction of sp³-hybridized carbons (Fsp3) is 0.400. The van der Waals surface area contributed by atoms with Crippen LogP contribution in [0.2, 0.25) is 0 Å². The zero-order valence-corrected chi connectivity index (χ0v) is 17.9. The Bertz CT molecular complexity index is 963. The molecule has 0 aliphatic heterocycles. The van der Waals surface area contributed by atoms with E-state index in [2.05, 4.69) is 36.0 Å². The fourth-order valence-corrected chi connectivity index (χ4v) is 5.76. The molecule has 1 unspecified atom stereocenters. The van der Waals surface area contributed by atoms with Crippen LogP contribution >= 0.6 is 11.3 Å². The molecule has 1 fully saturated rings. The maximum atomic E-state index is 12.4. The van der Waals surface area contributed by atoms with Gasteiger partial charge in [-0.1, -0.05) is 26.8 Å². The van der Waals surface area contributed by atoms with Gasteiger partial charge in [0.05, 0.1) is 0 Å². The van der Waals surface area contributed by atoms with Gasteiger partial charge >= 0.3 is 0 Å². The van der Waals surface area contributed by atoms with Crippen molar-refractivity contribution in [3.8, 4) is 0 Å². The van der Waals surface area contributed by atoms with Crippen LogP contribution in [0.25, 0.3) is 0 Å². The Morgan fingerprint density at radius 2 is 1.93 bits per heavy atom. The summed E-state index contributed by atoms with van der Waals surface area (Å²) in [5.74, 6) is 0.242. The molecule has 2 aromatic rings. The third-order valence-electron chi connectivity index (χ3n) is 4.64. The predicted octanol–water partition coefficient (Wildman–Crippen LogP) is 4.48. The van der Waals surface area contributed by atoms with Gasteiger partial charge in [0, 0.05) is 17.0 Å². The van der Waals surface area contributed by atoms with E-state index in [0.717, 1.165) is 36.3 Å². The topological polar surface area (TPSA) is 87.6 Å². The Morgan fingerprint density at radius 3 is 2.54 bits per heavy atom. The Balaban J connectivity index is 1.63. The van der Waals surface area contributed by atoms with Gasteiger partial charge in [-0.05, 0) is 66.3 Å². The average molecular weight is 420 g/mol. The zero-order chi connectivity index (χ0) is 20.4. The third kappa shape index (κ3) is 5.20. The van der Waals surface area contributed by atoms with Crippen molar-refractivity contribution in [2.45, 2.75) is 44.2 Å². The Hall–Kier alpha value is -2.19. The Morgan fingerprint density at radius 1 is 1.21 bits per heavy atom. The van der Waals surface area contributed by atoms with Gasteiger partial charge in [-0.2, -0.15) is 5.10 Å². The summed E-state index contributed by atoms with van der Waals surface area (Å²) in [6.07, 6.45) is 2.93. The van der Waals surface area contributed by atoms with Gasteiger partial charge in [0.25, 0.3) is 15.9 Å². The quantitative estimate of drug-likeness (QED) is 0.701. The first-order chi connectivity index (χ1) is 13.1. The molecular weight excluding hydrogens is 394 g/mol. The molecule has 2 N–H and O–H groups in total. The minimum atomic E-state index is -3.60. The summed E-state index contributed by atoms with van der Waals surface area (Å²) in [5, 5.41) is 6.03. The number of hydrogen-bond donors (Lipinski definition) is 2. The van der Waals surface area contributed by atoms with Crippen molar-refractivity contribution in [2.75, 3.05) is 4.72 Å². The molecule has 1 heterocycles. The van der Waals surface area contributed by atoms with E-state index in [-0.39, 0.29) is 15.5 Å². The predicted molar refractivity (Wildman–Crippen MR) is 113 cm³/mol. The zero-order valence-electron chi connectivity index (χ0n) is 16.2. The fourth-order valence-electron chi connectivity index (χ4n) is 3.71. The summed E-state index contributed by atoms with van der Waals surface area (Å²) in [4.78, 5) is 12.4. The molecule has 1 amide bonds. The summed E-state index contributed by atoms with van der Waals surface area (Å²) >= 11 is 1.15. The van der Waals surface area contributed by atoms with Crippen LogP contribution in [0.5, 0.6) is 0 Å². The molecule has 3 rings (SSSR count). The van der Waals surface area contributed by atoms with Crippen molar-refractivity contribution in [3.05, 3.63) is 47.3 Å². The monoisotopic (exact) mass is 419 g/mol. The standard InChI is InChI=1S/C20H25N3O3S2/c1-14-11-17(13-20(2,3)12-14)21-22-19(24)15-6-8-16(9-7-15)23-28(25,26)18-5-4-10-27-18/h4-10,14,23H,11-13H2,1-3H3,(H,22,24)/b21-17-. The number of carbonyl (C=O) groups is 1. The smallest absolute Gasteiger partial charge is 0.271 e. The molecule has 1 aromatic heterocycles. The number of hydrazone groups is 1. The molecular formula is C20H25N3O3S2. The van der Waals surface area contributed by atoms with E-state index < -0.39 is 10.0 Å². The lowest BCUT2D eigenvalue weighted by atomic mass is 9.72. The average Bonchev–Trinajstić information content (AvgIpc) is 3.14. The molecule has 0 saturated heterocycles. The van der Waals surface area contributed by atoms with Gasteiger partial charge < -0.3 is 0 Å². The second kappa shape index (κ2) is 8.05. The van der Waals surface area contributed by atoms with Crippen LogP contribution in [-0.4, -0.2) is 20.0 Å². The first kappa shape index (κ1) is 20.5. The molecule has 28 heavy (non-hydrogen) atoms. The van der Waals surface area contributed by atoms with Gasteiger partial charge in [0.15, 0.2) is 0 Å². The molecule has 0 spiro atoms. The van der Waals surface area contributed by atoms with E-state index in [1.165, 1.54) is 0 Å². The number of benzene rings is 1. The summed E-state index contributed by atoms with van der Waals surface area (Å²) in [5.41, 5.74) is 4.66. The van der Waals surface area contributed by atoms with E-state index in [1.807, 2.05) is 0 Å². The molecule has 8 heteroatoms. The van der Waals surface area contributed by atoms with Crippen molar-refractivity contribution in [3.63, 3.8) is 0 Å². The van der Waals surface area contributed by atoms with Gasteiger partial charge in [-0.25, -0.2) is 13.8 Å². The first-order valence-electron chi connectivity index (χ1n) is 9.17. The second-order valence-corrected chi connectivity index (χ2v) is 10.9. The van der Waals surface area contributed by atoms with Crippen LogP contribution in [0.1, 0.15) is 50.4 Å². The van der Waals surface area contributed by atoms with Gasteiger partial charge in [-0.3, -0.25) is 9.52 Å². The highest BCUT2D eigenvalue weighted by Crippen LogP contribution is 2.36. The highest BCUT2D eigenvalue weighted by atomic mass is 32.2. The number of sulfonamides is 1. The number of amides is 1. The summed E-state index contributed by atoms with van der Waals surface area (Å²) in [7, 11) is -3.60. The molecule has 6 nitrogen and oxygen atoms in total. The lowest BCUT2D eigenvalue weighted by Crippen LogP contribution is -2.30. The summed E-state index contributed by atoms with van der Waals surface area (Å²) in [6, 6.07) is 9.52. The first-order valence-corrected chi connectivity index (χ1v) is 11.5. The number of anilines is 1. The maximum absolute atomic E-state index is 12.4. The van der Waals surface area contributed by atoms with E-state index in [0.29, 0.717) is 17.2 Å². The lowest BCUT2D eigenvalue weighted by molar-refractivity contribution is 0.0954. The molecule has 0 bridgehead atoms. The van der Waals surface area contributed by atoms with Crippen LogP contribution in [0.15, 0.2) is 51.1 Å². The SMILES string of the molecule is CC1C/C(=N/NC(=O)c2ccc(NS(=O)(=O)c3cccs3)cc2)CC(C)(C)C1. The minimum Gasteiger partial charge on any atom is -0.279 e. The van der Waals surface area contributed by atoms with Crippen molar-refractivity contribution in [1.82, 2.24) is 5.43 Å². The van der Waals surface area contributed by atoms with Crippen molar-refractivity contribution >= 4 is 38.7 Å². The molecule has 150 valence electrons. The van der Waals surface area contributed by atoms with Crippen molar-refractivity contribution in [1.29, 1.82) is 0 Å². The molecule has 1 saturated carbocycles. The number of rotatable bonds is 5. The minimum absolute atomic E-state index is 0.197. The van der Waals surface area contributed by atoms with Crippen LogP contribution < -0.4 is 10.1 Å². The van der Waals surface area contributed by atoms with E-state index in [1.54, 1.807) is 41.8 Å². The van der Waals surface area contributed by atoms with Crippen molar-refractivity contribution < 1.29 is 13.2 Å². The van der Waals surface area contributed by atoms with E-state index in [9.17, 15) is 13.2 Å². The van der Waals surface area contributed by atoms with Gasteiger partial charge in [0.2, 0.25) is 0 Å². The Labute approximate surface area is 170 Å². The molecule has 1 aliphatic rings. The number of thiophene rings is 1. The third-order valence-corrected chi connectivity index (χ3v) is 7.42. The van der Waals surface area contributed by atoms with E-state index in [4.69, 9.17) is 0 Å². The molecule has 1 atom stereocenters. The second-order valence-electron chi connectivity index (χ2n) is 8.09. The van der Waals surface area contributed by atoms with Gasteiger partial charge in [-0.15, -0.1) is 11.3 Å². The van der Waals surface area contributed by atoms with E-state index >= 15 is 0 Å². The normalized spacial score (nSPS) is 20.7. The lowest BCUT2D eigenvalue weighted by Gasteiger charge is -2.34. The maximum Gasteiger partial charge on any atom is 0.271 e. The largest absolute Gasteiger partial charge is 0.279 e. The van der Waals surface area contributed by atoms with Gasteiger partial charge in [0.1, 0.15) is 4.21 Å². The summed E-state index contributed by atoms with van der Waals surface area (Å²) in [6.45, 7) is 6.64. The molecule has 0 radical (unpaired) electrons. The molecule has 1 aromatic carbocycles. The molecule has 1 aliphatic carbocycles. The number of carbonyl (C=O) groups excluding carboxylic acids is 1. The number of nitrogens with zero attached hydrogens (tertiary/aromatic N) is 1. The van der Waals surface area contributed by atoms with Crippen LogP contribution in [0.3, 0.4) is 0 Å². The van der Waals surface area contributed by atoms with Crippen LogP contribution in [0.4, 0.5) is 5.69 Å².